The number of hydrogen-bond donors (Lipinski definition) is 2. The van der Waals surface area contributed by atoms with Crippen LogP contribution in [0.2, 0.25) is 0 Å². The molecule has 118 valence electrons. The molecular formula is C15H19ClN4O2. The SMILES string of the molecule is Cl.O=C(CC1COCCN1)Nc1cccc(-n2cccn2)c1. The minimum absolute atomic E-state index is 0. The number of rotatable bonds is 4. The molecule has 7 heteroatoms. The minimum atomic E-state index is -0.0179. The second kappa shape index (κ2) is 7.93. The van der Waals surface area contributed by atoms with Crippen LogP contribution in [0.15, 0.2) is 42.7 Å². The van der Waals surface area contributed by atoms with E-state index in [1.807, 2.05) is 36.5 Å². The first-order valence-corrected chi connectivity index (χ1v) is 7.02. The molecule has 0 spiro atoms. The molecular weight excluding hydrogens is 304 g/mol. The first-order chi connectivity index (χ1) is 10.3. The molecule has 0 aliphatic carbocycles. The predicted molar refractivity (Wildman–Crippen MR) is 86.7 cm³/mol. The Balaban J connectivity index is 0.00000176. The molecule has 1 saturated heterocycles. The molecule has 1 aromatic carbocycles. The summed E-state index contributed by atoms with van der Waals surface area (Å²) in [5, 5.41) is 10.4. The number of amides is 1. The Hall–Kier alpha value is -1.89. The van der Waals surface area contributed by atoms with Crippen LogP contribution in [0.3, 0.4) is 0 Å². The van der Waals surface area contributed by atoms with Crippen molar-refractivity contribution in [2.75, 3.05) is 25.1 Å². The van der Waals surface area contributed by atoms with Crippen molar-refractivity contribution in [3.05, 3.63) is 42.7 Å². The monoisotopic (exact) mass is 322 g/mol. The average molecular weight is 323 g/mol. The second-order valence-electron chi connectivity index (χ2n) is 4.98. The molecule has 1 aliphatic rings. The Bertz CT molecular complexity index is 597. The van der Waals surface area contributed by atoms with E-state index in [0.29, 0.717) is 19.6 Å². The molecule has 2 heterocycles. The maximum absolute atomic E-state index is 12.0. The summed E-state index contributed by atoms with van der Waals surface area (Å²) in [7, 11) is 0. The van der Waals surface area contributed by atoms with Crippen LogP contribution in [0.4, 0.5) is 5.69 Å². The summed E-state index contributed by atoms with van der Waals surface area (Å²) in [5.74, 6) is -0.0179. The number of hydrogen-bond acceptors (Lipinski definition) is 4. The number of carbonyl (C=O) groups is 1. The summed E-state index contributed by atoms with van der Waals surface area (Å²) in [6, 6.07) is 9.56. The quantitative estimate of drug-likeness (QED) is 0.897. The van der Waals surface area contributed by atoms with E-state index in [4.69, 9.17) is 4.74 Å². The fourth-order valence-corrected chi connectivity index (χ4v) is 2.33. The largest absolute Gasteiger partial charge is 0.378 e. The van der Waals surface area contributed by atoms with Crippen LogP contribution < -0.4 is 10.6 Å². The molecule has 1 aromatic heterocycles. The predicted octanol–water partition coefficient (Wildman–Crippen LogP) is 1.61. The molecule has 3 rings (SSSR count). The Morgan fingerprint density at radius 3 is 3.09 bits per heavy atom. The summed E-state index contributed by atoms with van der Waals surface area (Å²) in [5.41, 5.74) is 1.68. The van der Waals surface area contributed by atoms with Gasteiger partial charge >= 0.3 is 0 Å². The van der Waals surface area contributed by atoms with Crippen molar-refractivity contribution < 1.29 is 9.53 Å². The van der Waals surface area contributed by atoms with Crippen molar-refractivity contribution in [3.63, 3.8) is 0 Å². The normalized spacial score (nSPS) is 17.5. The van der Waals surface area contributed by atoms with Gasteiger partial charge in [-0.25, -0.2) is 4.68 Å². The van der Waals surface area contributed by atoms with Crippen LogP contribution in [-0.4, -0.2) is 41.5 Å². The summed E-state index contributed by atoms with van der Waals surface area (Å²) in [6.45, 7) is 2.09. The van der Waals surface area contributed by atoms with E-state index in [0.717, 1.165) is 17.9 Å². The van der Waals surface area contributed by atoms with Crippen molar-refractivity contribution in [2.24, 2.45) is 0 Å². The number of morpholine rings is 1. The fourth-order valence-electron chi connectivity index (χ4n) is 2.33. The van der Waals surface area contributed by atoms with Crippen LogP contribution in [0, 0.1) is 0 Å². The zero-order chi connectivity index (χ0) is 14.5. The third-order valence-electron chi connectivity index (χ3n) is 3.33. The van der Waals surface area contributed by atoms with Gasteiger partial charge in [-0.2, -0.15) is 5.10 Å². The number of halogens is 1. The van der Waals surface area contributed by atoms with E-state index < -0.39 is 0 Å². The van der Waals surface area contributed by atoms with E-state index in [-0.39, 0.29) is 24.4 Å². The highest BCUT2D eigenvalue weighted by Crippen LogP contribution is 2.14. The molecule has 6 nitrogen and oxygen atoms in total. The molecule has 0 bridgehead atoms. The summed E-state index contributed by atoms with van der Waals surface area (Å²) in [6.07, 6.45) is 4.00. The first kappa shape index (κ1) is 16.5. The number of benzene rings is 1. The van der Waals surface area contributed by atoms with Crippen molar-refractivity contribution >= 4 is 24.0 Å². The van der Waals surface area contributed by atoms with Crippen molar-refractivity contribution in [2.45, 2.75) is 12.5 Å². The van der Waals surface area contributed by atoms with E-state index in [1.54, 1.807) is 10.9 Å². The van der Waals surface area contributed by atoms with E-state index in [9.17, 15) is 4.79 Å². The average Bonchev–Trinajstić information content (AvgIpc) is 3.02. The maximum atomic E-state index is 12.0. The lowest BCUT2D eigenvalue weighted by Gasteiger charge is -2.23. The number of carbonyl (C=O) groups excluding carboxylic acids is 1. The van der Waals surface area contributed by atoms with Gasteiger partial charge in [0.2, 0.25) is 5.91 Å². The fraction of sp³-hybridized carbons (Fsp3) is 0.333. The molecule has 2 aromatic rings. The molecule has 1 atom stereocenters. The Morgan fingerprint density at radius 1 is 1.45 bits per heavy atom. The van der Waals surface area contributed by atoms with Gasteiger partial charge < -0.3 is 15.4 Å². The summed E-state index contributed by atoms with van der Waals surface area (Å²) < 4.78 is 7.10. The van der Waals surface area contributed by atoms with Gasteiger partial charge in [0.05, 0.1) is 18.9 Å². The van der Waals surface area contributed by atoms with E-state index in [2.05, 4.69) is 15.7 Å². The molecule has 1 amide bonds. The molecule has 1 unspecified atom stereocenters. The van der Waals surface area contributed by atoms with Crippen LogP contribution in [0.1, 0.15) is 6.42 Å². The minimum Gasteiger partial charge on any atom is -0.378 e. The van der Waals surface area contributed by atoms with Gasteiger partial charge in [-0.3, -0.25) is 4.79 Å². The van der Waals surface area contributed by atoms with Crippen LogP contribution in [0.5, 0.6) is 0 Å². The van der Waals surface area contributed by atoms with E-state index in [1.165, 1.54) is 0 Å². The smallest absolute Gasteiger partial charge is 0.226 e. The highest BCUT2D eigenvalue weighted by Gasteiger charge is 2.16. The first-order valence-electron chi connectivity index (χ1n) is 7.02. The topological polar surface area (TPSA) is 68.2 Å². The third-order valence-corrected chi connectivity index (χ3v) is 3.33. The lowest BCUT2D eigenvalue weighted by molar-refractivity contribution is -0.117. The Kier molecular flexibility index (Phi) is 5.94. The van der Waals surface area contributed by atoms with Gasteiger partial charge in [0.15, 0.2) is 0 Å². The zero-order valence-corrected chi connectivity index (χ0v) is 12.9. The lowest BCUT2D eigenvalue weighted by atomic mass is 10.2. The van der Waals surface area contributed by atoms with Crippen LogP contribution in [0.25, 0.3) is 5.69 Å². The van der Waals surface area contributed by atoms with Gasteiger partial charge in [-0.15, -0.1) is 12.4 Å². The highest BCUT2D eigenvalue weighted by molar-refractivity contribution is 5.91. The summed E-state index contributed by atoms with van der Waals surface area (Å²) >= 11 is 0. The van der Waals surface area contributed by atoms with Crippen molar-refractivity contribution in [3.8, 4) is 5.69 Å². The maximum Gasteiger partial charge on any atom is 0.226 e. The van der Waals surface area contributed by atoms with E-state index >= 15 is 0 Å². The van der Waals surface area contributed by atoms with Gasteiger partial charge in [-0.05, 0) is 24.3 Å². The number of anilines is 1. The van der Waals surface area contributed by atoms with Crippen LogP contribution in [-0.2, 0) is 9.53 Å². The standard InChI is InChI=1S/C15H18N4O2.ClH/c20-15(10-13-11-21-8-6-16-13)18-12-3-1-4-14(9-12)19-7-2-5-17-19;/h1-5,7,9,13,16H,6,8,10-11H2,(H,18,20);1H. The van der Waals surface area contributed by atoms with Crippen LogP contribution >= 0.6 is 12.4 Å². The number of nitrogens with one attached hydrogen (secondary N) is 2. The lowest BCUT2D eigenvalue weighted by Crippen LogP contribution is -2.43. The zero-order valence-electron chi connectivity index (χ0n) is 12.1. The number of ether oxygens (including phenoxy) is 1. The van der Waals surface area contributed by atoms with Gasteiger partial charge in [0, 0.05) is 37.1 Å². The van der Waals surface area contributed by atoms with Crippen molar-refractivity contribution in [1.29, 1.82) is 0 Å². The van der Waals surface area contributed by atoms with Crippen molar-refractivity contribution in [1.82, 2.24) is 15.1 Å². The van der Waals surface area contributed by atoms with Gasteiger partial charge in [-0.1, -0.05) is 6.07 Å². The highest BCUT2D eigenvalue weighted by atomic mass is 35.5. The third kappa shape index (κ3) is 4.30. The van der Waals surface area contributed by atoms with Gasteiger partial charge in [0.25, 0.3) is 0 Å². The molecule has 1 fully saturated rings. The molecule has 22 heavy (non-hydrogen) atoms. The Labute approximate surface area is 135 Å². The molecule has 2 N–H and O–H groups in total. The molecule has 0 saturated carbocycles. The number of nitrogens with zero attached hydrogens (tertiary/aromatic N) is 2. The van der Waals surface area contributed by atoms with Gasteiger partial charge in [0.1, 0.15) is 0 Å². The molecule has 0 radical (unpaired) electrons. The Morgan fingerprint density at radius 2 is 2.36 bits per heavy atom. The second-order valence-corrected chi connectivity index (χ2v) is 4.98. The summed E-state index contributed by atoms with van der Waals surface area (Å²) in [4.78, 5) is 12.0. The molecule has 1 aliphatic heterocycles. The number of aromatic nitrogens is 2.